The van der Waals surface area contributed by atoms with Crippen LogP contribution in [0.5, 0.6) is 11.5 Å². The van der Waals surface area contributed by atoms with Crippen molar-refractivity contribution in [2.45, 2.75) is 20.3 Å². The molecule has 2 aromatic carbocycles. The van der Waals surface area contributed by atoms with Crippen molar-refractivity contribution in [2.75, 3.05) is 13.2 Å². The molecule has 0 aliphatic carbocycles. The maximum absolute atomic E-state index is 11.9. The lowest BCUT2D eigenvalue weighted by Gasteiger charge is -2.10. The van der Waals surface area contributed by atoms with E-state index in [9.17, 15) is 9.59 Å². The van der Waals surface area contributed by atoms with Gasteiger partial charge in [-0.3, -0.25) is 0 Å². The first-order chi connectivity index (χ1) is 12.0. The summed E-state index contributed by atoms with van der Waals surface area (Å²) < 4.78 is 15.7. The summed E-state index contributed by atoms with van der Waals surface area (Å²) in [6, 6.07) is 11.4. The summed E-state index contributed by atoms with van der Waals surface area (Å²) >= 11 is 5.87. The maximum Gasteiger partial charge on any atom is 0.349 e. The zero-order chi connectivity index (χ0) is 18.2. The second-order valence-electron chi connectivity index (χ2n) is 5.34. The highest BCUT2D eigenvalue weighted by Gasteiger charge is 2.11. The van der Waals surface area contributed by atoms with Gasteiger partial charge in [0.1, 0.15) is 11.5 Å². The van der Waals surface area contributed by atoms with Gasteiger partial charge in [-0.2, -0.15) is 0 Å². The Bertz CT molecular complexity index is 757. The Balaban J connectivity index is 1.93. The number of carbonyl (C=O) groups is 2. The number of esters is 2. The lowest BCUT2D eigenvalue weighted by Crippen LogP contribution is -2.18. The molecular formula is C19H19ClO5. The van der Waals surface area contributed by atoms with Crippen molar-refractivity contribution in [1.29, 1.82) is 0 Å². The number of halogens is 1. The molecule has 6 heteroatoms. The first kappa shape index (κ1) is 18.8. The smallest absolute Gasteiger partial charge is 0.349 e. The highest BCUT2D eigenvalue weighted by molar-refractivity contribution is 6.30. The number of ether oxygens (including phenoxy) is 3. The number of carbonyl (C=O) groups excluding carboxylic acids is 2. The number of rotatable bonds is 7. The van der Waals surface area contributed by atoms with Gasteiger partial charge in [-0.25, -0.2) is 9.59 Å². The first-order valence-corrected chi connectivity index (χ1v) is 8.24. The molecule has 25 heavy (non-hydrogen) atoms. The average Bonchev–Trinajstić information content (AvgIpc) is 2.59. The standard InChI is InChI=1S/C19H19ClO5/c1-3-9-23-19(22)14-5-4-6-16(11-14)25-18(21)12-24-17-8-7-15(20)10-13(17)2/h4-8,10-11H,3,9,12H2,1-2H3. The average molecular weight is 363 g/mol. The van der Waals surface area contributed by atoms with Gasteiger partial charge in [-0.1, -0.05) is 24.6 Å². The van der Waals surface area contributed by atoms with Crippen molar-refractivity contribution < 1.29 is 23.8 Å². The van der Waals surface area contributed by atoms with Crippen LogP contribution in [0, 0.1) is 6.92 Å². The predicted octanol–water partition coefficient (Wildman–Crippen LogP) is 4.20. The fourth-order valence-electron chi connectivity index (χ4n) is 2.04. The molecule has 0 spiro atoms. The van der Waals surface area contributed by atoms with E-state index in [1.54, 1.807) is 36.4 Å². The molecule has 0 N–H and O–H groups in total. The van der Waals surface area contributed by atoms with Gasteiger partial charge in [-0.15, -0.1) is 0 Å². The molecule has 0 amide bonds. The van der Waals surface area contributed by atoms with Crippen LogP contribution >= 0.6 is 11.6 Å². The molecular weight excluding hydrogens is 344 g/mol. The molecule has 5 nitrogen and oxygen atoms in total. The SMILES string of the molecule is CCCOC(=O)c1cccc(OC(=O)COc2ccc(Cl)cc2C)c1. The van der Waals surface area contributed by atoms with Crippen LogP contribution in [0.1, 0.15) is 29.3 Å². The summed E-state index contributed by atoms with van der Waals surface area (Å²) in [4.78, 5) is 23.7. The van der Waals surface area contributed by atoms with Crippen LogP contribution in [-0.2, 0) is 9.53 Å². The molecule has 0 atom stereocenters. The molecule has 132 valence electrons. The summed E-state index contributed by atoms with van der Waals surface area (Å²) in [5.74, 6) is -0.216. The minimum absolute atomic E-state index is 0.257. The Kier molecular flexibility index (Phi) is 6.83. The molecule has 0 unspecified atom stereocenters. The van der Waals surface area contributed by atoms with Gasteiger partial charge >= 0.3 is 11.9 Å². The first-order valence-electron chi connectivity index (χ1n) is 7.86. The van der Waals surface area contributed by atoms with Crippen LogP contribution in [0.4, 0.5) is 0 Å². The Morgan fingerprint density at radius 2 is 1.92 bits per heavy atom. The van der Waals surface area contributed by atoms with E-state index in [-0.39, 0.29) is 12.4 Å². The van der Waals surface area contributed by atoms with Gasteiger partial charge in [0.15, 0.2) is 6.61 Å². The van der Waals surface area contributed by atoms with Crippen LogP contribution in [-0.4, -0.2) is 25.2 Å². The molecule has 0 saturated heterocycles. The third-order valence-electron chi connectivity index (χ3n) is 3.22. The van der Waals surface area contributed by atoms with E-state index in [2.05, 4.69) is 0 Å². The normalized spacial score (nSPS) is 10.2. The van der Waals surface area contributed by atoms with Crippen molar-refractivity contribution in [1.82, 2.24) is 0 Å². The van der Waals surface area contributed by atoms with Crippen molar-refractivity contribution in [2.24, 2.45) is 0 Å². The number of hydrogen-bond donors (Lipinski definition) is 0. The predicted molar refractivity (Wildman–Crippen MR) is 94.3 cm³/mol. The molecule has 0 bridgehead atoms. The van der Waals surface area contributed by atoms with E-state index in [0.29, 0.717) is 22.9 Å². The van der Waals surface area contributed by atoms with Gasteiger partial charge in [0.2, 0.25) is 0 Å². The topological polar surface area (TPSA) is 61.8 Å². The van der Waals surface area contributed by atoms with Gasteiger partial charge in [0.05, 0.1) is 12.2 Å². The van der Waals surface area contributed by atoms with E-state index in [1.807, 2.05) is 13.8 Å². The summed E-state index contributed by atoms with van der Waals surface area (Å²) in [5.41, 5.74) is 1.15. The van der Waals surface area contributed by atoms with Crippen molar-refractivity contribution in [3.05, 3.63) is 58.6 Å². The quantitative estimate of drug-likeness (QED) is 0.545. The molecule has 0 aromatic heterocycles. The molecule has 0 radical (unpaired) electrons. The van der Waals surface area contributed by atoms with Crippen molar-refractivity contribution >= 4 is 23.5 Å². The second kappa shape index (κ2) is 9.08. The van der Waals surface area contributed by atoms with Crippen LogP contribution in [0.25, 0.3) is 0 Å². The monoisotopic (exact) mass is 362 g/mol. The fourth-order valence-corrected chi connectivity index (χ4v) is 2.26. The fraction of sp³-hybridized carbons (Fsp3) is 0.263. The molecule has 2 rings (SSSR count). The Hall–Kier alpha value is -2.53. The number of benzene rings is 2. The zero-order valence-corrected chi connectivity index (χ0v) is 14.8. The van der Waals surface area contributed by atoms with Gasteiger partial charge in [0, 0.05) is 5.02 Å². The van der Waals surface area contributed by atoms with Gasteiger partial charge in [-0.05, 0) is 55.3 Å². The van der Waals surface area contributed by atoms with Crippen LogP contribution in [0.2, 0.25) is 5.02 Å². The molecule has 2 aromatic rings. The van der Waals surface area contributed by atoms with E-state index >= 15 is 0 Å². The summed E-state index contributed by atoms with van der Waals surface area (Å²) in [5, 5.41) is 0.596. The minimum atomic E-state index is -0.576. The van der Waals surface area contributed by atoms with Gasteiger partial charge in [0.25, 0.3) is 0 Å². The minimum Gasteiger partial charge on any atom is -0.482 e. The Morgan fingerprint density at radius 1 is 1.12 bits per heavy atom. The molecule has 0 heterocycles. The van der Waals surface area contributed by atoms with E-state index < -0.39 is 11.9 Å². The van der Waals surface area contributed by atoms with E-state index in [1.165, 1.54) is 6.07 Å². The molecule has 0 saturated carbocycles. The summed E-state index contributed by atoms with van der Waals surface area (Å²) in [7, 11) is 0. The lowest BCUT2D eigenvalue weighted by atomic mass is 10.2. The zero-order valence-electron chi connectivity index (χ0n) is 14.1. The summed E-state index contributed by atoms with van der Waals surface area (Å²) in [6.07, 6.45) is 0.738. The third kappa shape index (κ3) is 5.80. The number of hydrogen-bond acceptors (Lipinski definition) is 5. The number of aryl methyl sites for hydroxylation is 1. The third-order valence-corrected chi connectivity index (χ3v) is 3.46. The second-order valence-corrected chi connectivity index (χ2v) is 5.77. The van der Waals surface area contributed by atoms with Crippen LogP contribution in [0.15, 0.2) is 42.5 Å². The van der Waals surface area contributed by atoms with Crippen molar-refractivity contribution in [3.63, 3.8) is 0 Å². The Labute approximate surface area is 151 Å². The molecule has 0 aliphatic heterocycles. The maximum atomic E-state index is 11.9. The lowest BCUT2D eigenvalue weighted by molar-refractivity contribution is -0.136. The van der Waals surface area contributed by atoms with Crippen molar-refractivity contribution in [3.8, 4) is 11.5 Å². The van der Waals surface area contributed by atoms with Gasteiger partial charge < -0.3 is 14.2 Å². The highest BCUT2D eigenvalue weighted by Crippen LogP contribution is 2.22. The highest BCUT2D eigenvalue weighted by atomic mass is 35.5. The molecule has 0 aliphatic rings. The molecule has 0 fully saturated rings. The van der Waals surface area contributed by atoms with E-state index in [4.69, 9.17) is 25.8 Å². The largest absolute Gasteiger partial charge is 0.482 e. The van der Waals surface area contributed by atoms with Crippen LogP contribution < -0.4 is 9.47 Å². The Morgan fingerprint density at radius 3 is 2.64 bits per heavy atom. The van der Waals surface area contributed by atoms with Crippen LogP contribution in [0.3, 0.4) is 0 Å². The van der Waals surface area contributed by atoms with E-state index in [0.717, 1.165) is 12.0 Å². The summed E-state index contributed by atoms with van der Waals surface area (Å²) in [6.45, 7) is 3.83.